The van der Waals surface area contributed by atoms with Crippen molar-refractivity contribution in [3.05, 3.63) is 34.9 Å². The third-order valence-electron chi connectivity index (χ3n) is 4.11. The summed E-state index contributed by atoms with van der Waals surface area (Å²) in [6.45, 7) is 6.91. The Kier molecular flexibility index (Phi) is 11.3. The fourth-order valence-corrected chi connectivity index (χ4v) is 2.74. The van der Waals surface area contributed by atoms with Crippen LogP contribution in [0.2, 0.25) is 5.02 Å². The first-order valence-electron chi connectivity index (χ1n) is 7.84. The molecule has 0 atom stereocenters. The maximum Gasteiger partial charge on any atom is 0.230 e. The summed E-state index contributed by atoms with van der Waals surface area (Å²) in [4.78, 5) is 12.7. The molecule has 0 saturated carbocycles. The standard InChI is InChI=1S/C17H27ClN2O2.ClH/c1-4-17(5-2,14-6-8-15(18)9-7-14)16(21)20-11-10-19-12-13-22-3;/h6-9,19H,4-5,10-13H2,1-3H3,(H,20,21);1H. The van der Waals surface area contributed by atoms with E-state index in [1.807, 2.05) is 24.3 Å². The van der Waals surface area contributed by atoms with E-state index < -0.39 is 5.41 Å². The Bertz CT molecular complexity index is 448. The fraction of sp³-hybridized carbons (Fsp3) is 0.588. The molecule has 0 bridgehead atoms. The second kappa shape index (κ2) is 11.7. The first kappa shape index (κ1) is 22.2. The van der Waals surface area contributed by atoms with E-state index in [1.54, 1.807) is 7.11 Å². The van der Waals surface area contributed by atoms with E-state index >= 15 is 0 Å². The van der Waals surface area contributed by atoms with Crippen molar-refractivity contribution in [2.75, 3.05) is 33.4 Å². The minimum atomic E-state index is -0.489. The lowest BCUT2D eigenvalue weighted by Gasteiger charge is -2.31. The second-order valence-corrected chi connectivity index (χ2v) is 5.73. The lowest BCUT2D eigenvalue weighted by molar-refractivity contribution is -0.127. The highest BCUT2D eigenvalue weighted by Crippen LogP contribution is 2.32. The van der Waals surface area contributed by atoms with Crippen molar-refractivity contribution in [3.63, 3.8) is 0 Å². The van der Waals surface area contributed by atoms with Crippen molar-refractivity contribution in [2.45, 2.75) is 32.1 Å². The van der Waals surface area contributed by atoms with Crippen LogP contribution in [0.3, 0.4) is 0 Å². The van der Waals surface area contributed by atoms with Gasteiger partial charge in [-0.05, 0) is 30.5 Å². The van der Waals surface area contributed by atoms with Crippen LogP contribution in [-0.4, -0.2) is 39.3 Å². The van der Waals surface area contributed by atoms with Gasteiger partial charge in [0, 0.05) is 31.8 Å². The average Bonchev–Trinajstić information content (AvgIpc) is 2.54. The van der Waals surface area contributed by atoms with E-state index in [2.05, 4.69) is 24.5 Å². The van der Waals surface area contributed by atoms with E-state index in [0.717, 1.165) is 31.5 Å². The maximum absolute atomic E-state index is 12.7. The molecule has 0 fully saturated rings. The third kappa shape index (κ3) is 6.30. The molecule has 4 nitrogen and oxygen atoms in total. The Balaban J connectivity index is 0.00000484. The van der Waals surface area contributed by atoms with Crippen molar-refractivity contribution < 1.29 is 9.53 Å². The summed E-state index contributed by atoms with van der Waals surface area (Å²) >= 11 is 5.95. The number of amides is 1. The quantitative estimate of drug-likeness (QED) is 0.628. The number of hydrogen-bond donors (Lipinski definition) is 2. The van der Waals surface area contributed by atoms with Crippen LogP contribution in [0.25, 0.3) is 0 Å². The van der Waals surface area contributed by atoms with Gasteiger partial charge in [0.2, 0.25) is 5.91 Å². The van der Waals surface area contributed by atoms with E-state index in [4.69, 9.17) is 16.3 Å². The molecule has 0 aromatic heterocycles. The minimum absolute atomic E-state index is 0. The molecule has 0 spiro atoms. The maximum atomic E-state index is 12.7. The molecule has 0 radical (unpaired) electrons. The normalized spacial score (nSPS) is 11.0. The van der Waals surface area contributed by atoms with Crippen LogP contribution in [0.5, 0.6) is 0 Å². The summed E-state index contributed by atoms with van der Waals surface area (Å²) < 4.78 is 4.97. The molecule has 0 aliphatic rings. The lowest BCUT2D eigenvalue weighted by Crippen LogP contribution is -2.45. The number of hydrogen-bond acceptors (Lipinski definition) is 3. The van der Waals surface area contributed by atoms with Gasteiger partial charge in [-0.2, -0.15) is 0 Å². The molecule has 1 amide bonds. The number of ether oxygens (including phenoxy) is 1. The predicted octanol–water partition coefficient (Wildman–Crippen LogP) is 3.17. The number of benzene rings is 1. The van der Waals surface area contributed by atoms with Gasteiger partial charge in [0.1, 0.15) is 0 Å². The summed E-state index contributed by atoms with van der Waals surface area (Å²) in [5.74, 6) is 0.0772. The zero-order valence-electron chi connectivity index (χ0n) is 14.2. The number of nitrogens with one attached hydrogen (secondary N) is 2. The Labute approximate surface area is 150 Å². The molecular weight excluding hydrogens is 335 g/mol. The molecule has 0 aliphatic heterocycles. The zero-order valence-corrected chi connectivity index (χ0v) is 15.7. The van der Waals surface area contributed by atoms with E-state index in [1.165, 1.54) is 0 Å². The smallest absolute Gasteiger partial charge is 0.230 e. The van der Waals surface area contributed by atoms with Crippen molar-refractivity contribution in [1.82, 2.24) is 10.6 Å². The van der Waals surface area contributed by atoms with Crippen LogP contribution in [0.15, 0.2) is 24.3 Å². The van der Waals surface area contributed by atoms with Gasteiger partial charge >= 0.3 is 0 Å². The number of halogens is 2. The molecule has 132 valence electrons. The van der Waals surface area contributed by atoms with Crippen molar-refractivity contribution in [2.24, 2.45) is 0 Å². The third-order valence-corrected chi connectivity index (χ3v) is 4.36. The van der Waals surface area contributed by atoms with Gasteiger partial charge in [-0.3, -0.25) is 4.79 Å². The Morgan fingerprint density at radius 3 is 2.26 bits per heavy atom. The Morgan fingerprint density at radius 2 is 1.74 bits per heavy atom. The molecule has 1 aromatic rings. The van der Waals surface area contributed by atoms with Crippen molar-refractivity contribution in [1.29, 1.82) is 0 Å². The Morgan fingerprint density at radius 1 is 1.13 bits per heavy atom. The highest BCUT2D eigenvalue weighted by molar-refractivity contribution is 6.30. The lowest BCUT2D eigenvalue weighted by atomic mass is 9.75. The van der Waals surface area contributed by atoms with Crippen LogP contribution in [-0.2, 0) is 14.9 Å². The second-order valence-electron chi connectivity index (χ2n) is 5.29. The van der Waals surface area contributed by atoms with Crippen LogP contribution in [0.1, 0.15) is 32.3 Å². The van der Waals surface area contributed by atoms with Crippen LogP contribution < -0.4 is 10.6 Å². The molecule has 1 rings (SSSR count). The monoisotopic (exact) mass is 362 g/mol. The van der Waals surface area contributed by atoms with Crippen LogP contribution in [0.4, 0.5) is 0 Å². The summed E-state index contributed by atoms with van der Waals surface area (Å²) in [6, 6.07) is 7.59. The minimum Gasteiger partial charge on any atom is -0.383 e. The van der Waals surface area contributed by atoms with Crippen LogP contribution >= 0.6 is 24.0 Å². The summed E-state index contributed by atoms with van der Waals surface area (Å²) in [6.07, 6.45) is 1.52. The topological polar surface area (TPSA) is 50.4 Å². The van der Waals surface area contributed by atoms with Gasteiger partial charge in [-0.25, -0.2) is 0 Å². The SMILES string of the molecule is CCC(CC)(C(=O)NCCNCCOC)c1ccc(Cl)cc1.Cl. The first-order valence-corrected chi connectivity index (χ1v) is 8.22. The van der Waals surface area contributed by atoms with Gasteiger partial charge in [0.05, 0.1) is 12.0 Å². The van der Waals surface area contributed by atoms with Gasteiger partial charge in [0.15, 0.2) is 0 Å². The zero-order chi connectivity index (χ0) is 16.4. The van der Waals surface area contributed by atoms with Crippen LogP contribution in [0, 0.1) is 0 Å². The number of carbonyl (C=O) groups is 1. The summed E-state index contributed by atoms with van der Waals surface area (Å²) in [5.41, 5.74) is 0.531. The van der Waals surface area contributed by atoms with Gasteiger partial charge in [-0.15, -0.1) is 12.4 Å². The van der Waals surface area contributed by atoms with Gasteiger partial charge in [-0.1, -0.05) is 37.6 Å². The number of rotatable bonds is 10. The molecule has 0 saturated heterocycles. The molecule has 0 unspecified atom stereocenters. The first-order chi connectivity index (χ1) is 10.6. The molecule has 0 aliphatic carbocycles. The predicted molar refractivity (Wildman–Crippen MR) is 98.7 cm³/mol. The number of methoxy groups -OCH3 is 1. The average molecular weight is 363 g/mol. The highest BCUT2D eigenvalue weighted by atomic mass is 35.5. The molecule has 1 aromatic carbocycles. The van der Waals surface area contributed by atoms with Crippen molar-refractivity contribution >= 4 is 29.9 Å². The molecule has 23 heavy (non-hydrogen) atoms. The van der Waals surface area contributed by atoms with E-state index in [0.29, 0.717) is 18.2 Å². The molecular formula is C17H28Cl2N2O2. The fourth-order valence-electron chi connectivity index (χ4n) is 2.61. The summed E-state index contributed by atoms with van der Waals surface area (Å²) in [7, 11) is 1.67. The largest absolute Gasteiger partial charge is 0.383 e. The number of carbonyl (C=O) groups excluding carboxylic acids is 1. The summed E-state index contributed by atoms with van der Waals surface area (Å²) in [5, 5.41) is 6.95. The Hall–Kier alpha value is -0.810. The van der Waals surface area contributed by atoms with E-state index in [-0.39, 0.29) is 18.3 Å². The van der Waals surface area contributed by atoms with Crippen molar-refractivity contribution in [3.8, 4) is 0 Å². The van der Waals surface area contributed by atoms with Gasteiger partial charge in [0.25, 0.3) is 0 Å². The molecule has 0 heterocycles. The van der Waals surface area contributed by atoms with E-state index in [9.17, 15) is 4.79 Å². The highest BCUT2D eigenvalue weighted by Gasteiger charge is 2.36. The molecule has 6 heteroatoms. The molecule has 2 N–H and O–H groups in total. The van der Waals surface area contributed by atoms with Gasteiger partial charge < -0.3 is 15.4 Å².